The van der Waals surface area contributed by atoms with E-state index in [0.29, 0.717) is 18.8 Å². The molecule has 1 aromatic heterocycles. The number of nitrogens with zero attached hydrogens (tertiary/aromatic N) is 3. The van der Waals surface area contributed by atoms with E-state index in [0.717, 1.165) is 0 Å². The van der Waals surface area contributed by atoms with Crippen LogP contribution in [0.5, 0.6) is 0 Å². The van der Waals surface area contributed by atoms with Gasteiger partial charge >= 0.3 is 6.09 Å². The molecule has 0 atom stereocenters. The number of pyridine rings is 1. The fourth-order valence-corrected chi connectivity index (χ4v) is 1.07. The van der Waals surface area contributed by atoms with Gasteiger partial charge in [0, 0.05) is 6.20 Å². The minimum Gasteiger partial charge on any atom is -0.446 e. The Morgan fingerprint density at radius 3 is 3.14 bits per heavy atom. The van der Waals surface area contributed by atoms with Gasteiger partial charge in [0.2, 0.25) is 0 Å². The van der Waals surface area contributed by atoms with E-state index in [-0.39, 0.29) is 0 Å². The van der Waals surface area contributed by atoms with Gasteiger partial charge in [-0.25, -0.2) is 4.79 Å². The number of ether oxygens (including phenoxy) is 1. The molecule has 0 aliphatic carbocycles. The van der Waals surface area contributed by atoms with Crippen LogP contribution in [-0.2, 0) is 4.74 Å². The molecule has 14 heavy (non-hydrogen) atoms. The number of carbonyl (C=O) groups is 1. The van der Waals surface area contributed by atoms with Crippen LogP contribution in [0, 0.1) is 0 Å². The maximum atomic E-state index is 11.0. The number of hydrogen-bond acceptors (Lipinski definition) is 4. The zero-order valence-corrected chi connectivity index (χ0v) is 7.46. The molecule has 1 saturated heterocycles. The Hall–Kier alpha value is -1.91. The minimum absolute atomic E-state index is 0.401. The first-order valence-electron chi connectivity index (χ1n) is 4.25. The van der Waals surface area contributed by atoms with E-state index in [4.69, 9.17) is 4.74 Å². The lowest BCUT2D eigenvalue weighted by molar-refractivity contribution is 0.159. The zero-order chi connectivity index (χ0) is 9.80. The quantitative estimate of drug-likeness (QED) is 0.651. The van der Waals surface area contributed by atoms with Crippen molar-refractivity contribution in [2.45, 2.75) is 0 Å². The predicted molar refractivity (Wildman–Crippen MR) is 49.9 cm³/mol. The van der Waals surface area contributed by atoms with Gasteiger partial charge in [-0.05, 0) is 12.1 Å². The lowest BCUT2D eigenvalue weighted by atomic mass is 10.4. The lowest BCUT2D eigenvalue weighted by Crippen LogP contribution is -2.17. The van der Waals surface area contributed by atoms with Crippen LogP contribution in [-0.4, -0.2) is 35.5 Å². The fraction of sp³-hybridized carbons (Fsp3) is 0.222. The van der Waals surface area contributed by atoms with Crippen LogP contribution in [0.1, 0.15) is 5.69 Å². The van der Waals surface area contributed by atoms with Crippen molar-refractivity contribution in [3.05, 3.63) is 30.1 Å². The number of hydrazone groups is 1. The van der Waals surface area contributed by atoms with Crippen molar-refractivity contribution < 1.29 is 9.53 Å². The molecule has 1 aliphatic heterocycles. The van der Waals surface area contributed by atoms with Crippen LogP contribution < -0.4 is 0 Å². The molecule has 72 valence electrons. The second-order valence-corrected chi connectivity index (χ2v) is 2.74. The first-order chi connectivity index (χ1) is 6.86. The van der Waals surface area contributed by atoms with E-state index in [9.17, 15) is 4.79 Å². The Morgan fingerprint density at radius 2 is 2.50 bits per heavy atom. The van der Waals surface area contributed by atoms with Crippen molar-refractivity contribution in [1.82, 2.24) is 9.99 Å². The summed E-state index contributed by atoms with van der Waals surface area (Å²) in [5.41, 5.74) is 0.715. The molecular weight excluding hydrogens is 182 g/mol. The summed E-state index contributed by atoms with van der Waals surface area (Å²) >= 11 is 0. The normalized spacial score (nSPS) is 16.3. The minimum atomic E-state index is -0.405. The molecule has 0 saturated carbocycles. The first kappa shape index (κ1) is 8.68. The predicted octanol–water partition coefficient (Wildman–Crippen LogP) is 0.868. The molecule has 1 aliphatic rings. The van der Waals surface area contributed by atoms with Crippen LogP contribution in [0.3, 0.4) is 0 Å². The van der Waals surface area contributed by atoms with Gasteiger partial charge in [-0.3, -0.25) is 4.98 Å². The summed E-state index contributed by atoms with van der Waals surface area (Å²) < 4.78 is 4.71. The molecule has 0 radical (unpaired) electrons. The summed E-state index contributed by atoms with van der Waals surface area (Å²) in [7, 11) is 0. The highest BCUT2D eigenvalue weighted by molar-refractivity contribution is 5.78. The Balaban J connectivity index is 2.03. The molecule has 2 rings (SSSR count). The van der Waals surface area contributed by atoms with Crippen molar-refractivity contribution in [2.75, 3.05) is 13.2 Å². The summed E-state index contributed by atoms with van der Waals surface area (Å²) in [6, 6.07) is 5.49. The number of aromatic nitrogens is 1. The maximum Gasteiger partial charge on any atom is 0.430 e. The standard InChI is InChI=1S/C9H9N3O2/c13-9-12(5-6-14-9)11-7-8-3-1-2-4-10-8/h1-4,7H,5-6H2. The third-order valence-electron chi connectivity index (χ3n) is 1.76. The Morgan fingerprint density at radius 1 is 1.57 bits per heavy atom. The summed E-state index contributed by atoms with van der Waals surface area (Å²) in [6.07, 6.45) is 2.80. The second-order valence-electron chi connectivity index (χ2n) is 2.74. The van der Waals surface area contributed by atoms with Crippen molar-refractivity contribution in [2.24, 2.45) is 5.10 Å². The van der Waals surface area contributed by atoms with Crippen molar-refractivity contribution in [3.63, 3.8) is 0 Å². The average Bonchev–Trinajstić information content (AvgIpc) is 2.63. The molecule has 1 aromatic rings. The van der Waals surface area contributed by atoms with E-state index in [1.165, 1.54) is 11.2 Å². The van der Waals surface area contributed by atoms with Crippen molar-refractivity contribution in [1.29, 1.82) is 0 Å². The monoisotopic (exact) mass is 191 g/mol. The molecule has 0 N–H and O–H groups in total. The average molecular weight is 191 g/mol. The molecule has 5 heteroatoms. The lowest BCUT2D eigenvalue weighted by Gasteiger charge is -2.02. The number of carbonyl (C=O) groups excluding carboxylic acids is 1. The van der Waals surface area contributed by atoms with Crippen LogP contribution >= 0.6 is 0 Å². The van der Waals surface area contributed by atoms with E-state index in [2.05, 4.69) is 10.1 Å². The number of rotatable bonds is 2. The van der Waals surface area contributed by atoms with Crippen LogP contribution in [0.15, 0.2) is 29.5 Å². The zero-order valence-electron chi connectivity index (χ0n) is 7.46. The molecule has 5 nitrogen and oxygen atoms in total. The molecule has 0 spiro atoms. The highest BCUT2D eigenvalue weighted by Gasteiger charge is 2.20. The Kier molecular flexibility index (Phi) is 2.40. The van der Waals surface area contributed by atoms with E-state index in [1.807, 2.05) is 18.2 Å². The van der Waals surface area contributed by atoms with E-state index < -0.39 is 6.09 Å². The third kappa shape index (κ3) is 1.87. The number of cyclic esters (lactones) is 1. The second kappa shape index (κ2) is 3.87. The number of hydrogen-bond donors (Lipinski definition) is 0. The molecular formula is C9H9N3O2. The fourth-order valence-electron chi connectivity index (χ4n) is 1.07. The molecule has 0 aromatic carbocycles. The van der Waals surface area contributed by atoms with Gasteiger partial charge in [-0.1, -0.05) is 6.07 Å². The first-order valence-corrected chi connectivity index (χ1v) is 4.25. The molecule has 1 amide bonds. The summed E-state index contributed by atoms with van der Waals surface area (Å²) in [6.45, 7) is 0.903. The Labute approximate surface area is 81.0 Å². The SMILES string of the molecule is O=C1OCCN1N=Cc1ccccn1. The van der Waals surface area contributed by atoms with Crippen molar-refractivity contribution >= 4 is 12.3 Å². The third-order valence-corrected chi connectivity index (χ3v) is 1.76. The highest BCUT2D eigenvalue weighted by atomic mass is 16.6. The van der Waals surface area contributed by atoms with E-state index >= 15 is 0 Å². The molecule has 0 bridgehead atoms. The smallest absolute Gasteiger partial charge is 0.430 e. The van der Waals surface area contributed by atoms with E-state index in [1.54, 1.807) is 6.20 Å². The summed E-state index contributed by atoms with van der Waals surface area (Å²) in [4.78, 5) is 15.0. The summed E-state index contributed by atoms with van der Waals surface area (Å²) in [5, 5.41) is 5.22. The van der Waals surface area contributed by atoms with Gasteiger partial charge in [-0.15, -0.1) is 0 Å². The van der Waals surface area contributed by atoms with Gasteiger partial charge in [0.25, 0.3) is 0 Å². The van der Waals surface area contributed by atoms with Gasteiger partial charge in [0.1, 0.15) is 6.61 Å². The highest BCUT2D eigenvalue weighted by Crippen LogP contribution is 2.03. The maximum absolute atomic E-state index is 11.0. The molecule has 0 unspecified atom stereocenters. The summed E-state index contributed by atoms with van der Waals surface area (Å²) in [5.74, 6) is 0. The van der Waals surface area contributed by atoms with Crippen molar-refractivity contribution in [3.8, 4) is 0 Å². The Bertz CT molecular complexity index is 350. The largest absolute Gasteiger partial charge is 0.446 e. The molecule has 1 fully saturated rings. The van der Waals surface area contributed by atoms with Crippen LogP contribution in [0.4, 0.5) is 4.79 Å². The topological polar surface area (TPSA) is 54.8 Å². The van der Waals surface area contributed by atoms with Gasteiger partial charge in [0.15, 0.2) is 0 Å². The van der Waals surface area contributed by atoms with Gasteiger partial charge < -0.3 is 4.74 Å². The van der Waals surface area contributed by atoms with Gasteiger partial charge in [0.05, 0.1) is 18.5 Å². The van der Waals surface area contributed by atoms with Crippen LogP contribution in [0.2, 0.25) is 0 Å². The van der Waals surface area contributed by atoms with Crippen LogP contribution in [0.25, 0.3) is 0 Å². The van der Waals surface area contributed by atoms with Gasteiger partial charge in [-0.2, -0.15) is 10.1 Å². The number of amides is 1. The molecule has 2 heterocycles.